The van der Waals surface area contributed by atoms with Crippen molar-refractivity contribution in [3.8, 4) is 5.75 Å². The summed E-state index contributed by atoms with van der Waals surface area (Å²) in [7, 11) is 1.36. The molecule has 1 aromatic carbocycles. The molecule has 0 spiro atoms. The van der Waals surface area contributed by atoms with E-state index in [9.17, 15) is 9.90 Å². The van der Waals surface area contributed by atoms with Crippen molar-refractivity contribution in [2.45, 2.75) is 25.9 Å². The van der Waals surface area contributed by atoms with Gasteiger partial charge in [-0.1, -0.05) is 17.7 Å². The van der Waals surface area contributed by atoms with E-state index in [4.69, 9.17) is 16.3 Å². The second-order valence-corrected chi connectivity index (χ2v) is 4.30. The Bertz CT molecular complexity index is 404. The van der Waals surface area contributed by atoms with Gasteiger partial charge in [-0.3, -0.25) is 4.79 Å². The molecule has 100 valence electrons. The van der Waals surface area contributed by atoms with E-state index in [-0.39, 0.29) is 5.97 Å². The fourth-order valence-corrected chi connectivity index (χ4v) is 1.64. The average molecular weight is 273 g/mol. The predicted octanol–water partition coefficient (Wildman–Crippen LogP) is 2.73. The highest BCUT2D eigenvalue weighted by atomic mass is 35.5. The number of benzene rings is 1. The first-order valence-corrected chi connectivity index (χ1v) is 6.09. The molecular weight excluding hydrogens is 256 g/mol. The molecule has 1 N–H and O–H groups in total. The lowest BCUT2D eigenvalue weighted by molar-refractivity contribution is -0.140. The lowest BCUT2D eigenvalue weighted by Crippen LogP contribution is -2.05. The molecule has 0 aliphatic heterocycles. The number of carbonyl (C=O) groups is 1. The van der Waals surface area contributed by atoms with E-state index in [1.165, 1.54) is 7.11 Å². The first kappa shape index (κ1) is 14.8. The highest BCUT2D eigenvalue weighted by Gasteiger charge is 2.07. The van der Waals surface area contributed by atoms with Gasteiger partial charge in [0.1, 0.15) is 5.75 Å². The lowest BCUT2D eigenvalue weighted by Gasteiger charge is -2.10. The smallest absolute Gasteiger partial charge is 0.305 e. The van der Waals surface area contributed by atoms with Crippen LogP contribution >= 0.6 is 11.6 Å². The fraction of sp³-hybridized carbons (Fsp3) is 0.462. The minimum Gasteiger partial charge on any atom is -0.492 e. The number of aliphatic hydroxyl groups excluding tert-OH is 1. The zero-order valence-electron chi connectivity index (χ0n) is 10.5. The first-order chi connectivity index (χ1) is 8.54. The molecule has 4 nitrogen and oxygen atoms in total. The van der Waals surface area contributed by atoms with Gasteiger partial charge < -0.3 is 14.6 Å². The molecule has 0 saturated carbocycles. The summed E-state index contributed by atoms with van der Waals surface area (Å²) < 4.78 is 9.97. The number of ether oxygens (including phenoxy) is 2. The third-order valence-corrected chi connectivity index (χ3v) is 2.74. The van der Waals surface area contributed by atoms with Crippen LogP contribution in [0.25, 0.3) is 0 Å². The second kappa shape index (κ2) is 7.24. The summed E-state index contributed by atoms with van der Waals surface area (Å²) in [5, 5.41) is 9.84. The zero-order valence-corrected chi connectivity index (χ0v) is 11.2. The van der Waals surface area contributed by atoms with E-state index in [2.05, 4.69) is 4.74 Å². The maximum Gasteiger partial charge on any atom is 0.305 e. The molecule has 1 aromatic rings. The Labute approximate surface area is 111 Å². The highest BCUT2D eigenvalue weighted by Crippen LogP contribution is 2.27. The van der Waals surface area contributed by atoms with Crippen molar-refractivity contribution in [2.75, 3.05) is 13.7 Å². The van der Waals surface area contributed by atoms with Gasteiger partial charge in [-0.2, -0.15) is 0 Å². The maximum atomic E-state index is 10.9. The SMILES string of the molecule is COC(=O)CCCOc1ccc(C(C)O)cc1Cl. The Morgan fingerprint density at radius 1 is 1.50 bits per heavy atom. The van der Waals surface area contributed by atoms with Crippen molar-refractivity contribution in [1.29, 1.82) is 0 Å². The zero-order chi connectivity index (χ0) is 13.5. The molecular formula is C13H17ClO4. The number of rotatable bonds is 6. The van der Waals surface area contributed by atoms with E-state index in [0.29, 0.717) is 30.2 Å². The molecule has 0 heterocycles. The molecule has 1 atom stereocenters. The number of methoxy groups -OCH3 is 1. The molecule has 0 aliphatic rings. The molecule has 0 bridgehead atoms. The molecule has 0 fully saturated rings. The molecule has 0 radical (unpaired) electrons. The second-order valence-electron chi connectivity index (χ2n) is 3.89. The van der Waals surface area contributed by atoms with Gasteiger partial charge in [0, 0.05) is 6.42 Å². The summed E-state index contributed by atoms with van der Waals surface area (Å²) in [4.78, 5) is 10.9. The molecule has 18 heavy (non-hydrogen) atoms. The molecule has 0 aliphatic carbocycles. The average Bonchev–Trinajstić information content (AvgIpc) is 2.35. The van der Waals surface area contributed by atoms with Gasteiger partial charge in [0.15, 0.2) is 0 Å². The number of hydrogen-bond acceptors (Lipinski definition) is 4. The topological polar surface area (TPSA) is 55.8 Å². The van der Waals surface area contributed by atoms with Gasteiger partial charge in [-0.15, -0.1) is 0 Å². The van der Waals surface area contributed by atoms with Crippen molar-refractivity contribution in [1.82, 2.24) is 0 Å². The number of esters is 1. The fourth-order valence-electron chi connectivity index (χ4n) is 1.39. The van der Waals surface area contributed by atoms with Gasteiger partial charge >= 0.3 is 5.97 Å². The molecule has 5 heteroatoms. The molecule has 1 unspecified atom stereocenters. The van der Waals surface area contributed by atoms with Crippen molar-refractivity contribution in [3.05, 3.63) is 28.8 Å². The number of hydrogen-bond donors (Lipinski definition) is 1. The normalized spacial score (nSPS) is 12.0. The largest absolute Gasteiger partial charge is 0.492 e. The summed E-state index contributed by atoms with van der Waals surface area (Å²) >= 11 is 6.01. The van der Waals surface area contributed by atoms with Gasteiger partial charge in [-0.25, -0.2) is 0 Å². The van der Waals surface area contributed by atoms with E-state index in [1.807, 2.05) is 0 Å². The van der Waals surface area contributed by atoms with E-state index in [0.717, 1.165) is 5.56 Å². The molecule has 0 amide bonds. The Morgan fingerprint density at radius 2 is 2.22 bits per heavy atom. The molecule has 1 rings (SSSR count). The van der Waals surface area contributed by atoms with Crippen LogP contribution in [0.15, 0.2) is 18.2 Å². The van der Waals surface area contributed by atoms with Crippen molar-refractivity contribution in [2.24, 2.45) is 0 Å². The number of aliphatic hydroxyl groups is 1. The van der Waals surface area contributed by atoms with Gasteiger partial charge in [0.2, 0.25) is 0 Å². The van der Waals surface area contributed by atoms with Crippen LogP contribution in [0.2, 0.25) is 5.02 Å². The number of halogens is 1. The van der Waals surface area contributed by atoms with Gasteiger partial charge in [0.05, 0.1) is 24.8 Å². The summed E-state index contributed by atoms with van der Waals surface area (Å²) in [6.45, 7) is 2.06. The number of carbonyl (C=O) groups excluding carboxylic acids is 1. The Morgan fingerprint density at radius 3 is 2.78 bits per heavy atom. The van der Waals surface area contributed by atoms with Crippen molar-refractivity contribution < 1.29 is 19.4 Å². The van der Waals surface area contributed by atoms with Crippen molar-refractivity contribution in [3.63, 3.8) is 0 Å². The standard InChI is InChI=1S/C13H17ClO4/c1-9(15)10-5-6-12(11(14)8-10)18-7-3-4-13(16)17-2/h5-6,8-9,15H,3-4,7H2,1-2H3. The Hall–Kier alpha value is -1.26. The Kier molecular flexibility index (Phi) is 5.95. The van der Waals surface area contributed by atoms with Crippen LogP contribution in [0.3, 0.4) is 0 Å². The highest BCUT2D eigenvalue weighted by molar-refractivity contribution is 6.32. The van der Waals surface area contributed by atoms with E-state index in [1.54, 1.807) is 25.1 Å². The third-order valence-electron chi connectivity index (χ3n) is 2.45. The summed E-state index contributed by atoms with van der Waals surface area (Å²) in [5.74, 6) is 0.292. The van der Waals surface area contributed by atoms with E-state index >= 15 is 0 Å². The predicted molar refractivity (Wildman–Crippen MR) is 68.8 cm³/mol. The molecule has 0 saturated heterocycles. The third kappa shape index (κ3) is 4.55. The van der Waals surface area contributed by atoms with Gasteiger partial charge in [-0.05, 0) is 31.0 Å². The van der Waals surface area contributed by atoms with Crippen LogP contribution < -0.4 is 4.74 Å². The van der Waals surface area contributed by atoms with Crippen LogP contribution in [-0.4, -0.2) is 24.8 Å². The Balaban J connectivity index is 2.45. The summed E-state index contributed by atoms with van der Waals surface area (Å²) in [6.07, 6.45) is 0.331. The van der Waals surface area contributed by atoms with E-state index < -0.39 is 6.10 Å². The van der Waals surface area contributed by atoms with Crippen LogP contribution in [-0.2, 0) is 9.53 Å². The van der Waals surface area contributed by atoms with Crippen LogP contribution in [0.5, 0.6) is 5.75 Å². The monoisotopic (exact) mass is 272 g/mol. The minimum atomic E-state index is -0.559. The lowest BCUT2D eigenvalue weighted by atomic mass is 10.1. The maximum absolute atomic E-state index is 10.9. The quantitative estimate of drug-likeness (QED) is 0.639. The van der Waals surface area contributed by atoms with Gasteiger partial charge in [0.25, 0.3) is 0 Å². The first-order valence-electron chi connectivity index (χ1n) is 5.71. The summed E-state index contributed by atoms with van der Waals surface area (Å²) in [5.41, 5.74) is 0.738. The molecule has 0 aromatic heterocycles. The minimum absolute atomic E-state index is 0.255. The van der Waals surface area contributed by atoms with Crippen LogP contribution in [0.4, 0.5) is 0 Å². The summed E-state index contributed by atoms with van der Waals surface area (Å²) in [6, 6.07) is 5.14. The van der Waals surface area contributed by atoms with Crippen LogP contribution in [0, 0.1) is 0 Å². The van der Waals surface area contributed by atoms with Crippen LogP contribution in [0.1, 0.15) is 31.4 Å². The van der Waals surface area contributed by atoms with Crippen molar-refractivity contribution >= 4 is 17.6 Å².